The third-order valence-corrected chi connectivity index (χ3v) is 7.68. The Labute approximate surface area is 180 Å². The molecule has 0 radical (unpaired) electrons. The fraction of sp³-hybridized carbons (Fsp3) is 0.650. The van der Waals surface area contributed by atoms with Crippen LogP contribution in [0.4, 0.5) is 0 Å². The van der Waals surface area contributed by atoms with Gasteiger partial charge in [0, 0.05) is 45.8 Å². The first-order valence-corrected chi connectivity index (χ1v) is 12.1. The van der Waals surface area contributed by atoms with Crippen LogP contribution in [0.25, 0.3) is 0 Å². The monoisotopic (exact) mass is 444 g/mol. The van der Waals surface area contributed by atoms with Crippen molar-refractivity contribution in [2.45, 2.75) is 31.6 Å². The van der Waals surface area contributed by atoms with Gasteiger partial charge in [-0.1, -0.05) is 25.4 Å². The number of sulfonamides is 1. The number of halogens is 1. The molecule has 7 nitrogen and oxygen atoms in total. The minimum Gasteiger partial charge on any atom is -0.352 e. The normalized spacial score (nSPS) is 16.3. The summed E-state index contributed by atoms with van der Waals surface area (Å²) in [6.45, 7) is 10.3. The van der Waals surface area contributed by atoms with Crippen molar-refractivity contribution in [3.8, 4) is 0 Å². The molecule has 0 unspecified atom stereocenters. The summed E-state index contributed by atoms with van der Waals surface area (Å²) in [6, 6.07) is 4.29. The van der Waals surface area contributed by atoms with Crippen molar-refractivity contribution in [1.29, 1.82) is 0 Å². The summed E-state index contributed by atoms with van der Waals surface area (Å²) in [6.07, 6.45) is 1.88. The Balaban J connectivity index is 1.88. The molecule has 0 aliphatic carbocycles. The summed E-state index contributed by atoms with van der Waals surface area (Å²) < 4.78 is 26.7. The molecule has 1 heterocycles. The lowest BCUT2D eigenvalue weighted by Gasteiger charge is -2.32. The van der Waals surface area contributed by atoms with Gasteiger partial charge in [0.05, 0.1) is 15.5 Å². The third-order valence-electron chi connectivity index (χ3n) is 5.31. The van der Waals surface area contributed by atoms with E-state index >= 15 is 0 Å². The van der Waals surface area contributed by atoms with Crippen molar-refractivity contribution in [1.82, 2.24) is 19.4 Å². The van der Waals surface area contributed by atoms with E-state index in [1.165, 1.54) is 22.5 Å². The maximum atomic E-state index is 12.7. The van der Waals surface area contributed by atoms with E-state index in [2.05, 4.69) is 22.2 Å². The van der Waals surface area contributed by atoms with Gasteiger partial charge in [0.15, 0.2) is 0 Å². The summed E-state index contributed by atoms with van der Waals surface area (Å²) in [5.74, 6) is -0.341. The summed E-state index contributed by atoms with van der Waals surface area (Å²) >= 11 is 6.16. The Morgan fingerprint density at radius 3 is 2.41 bits per heavy atom. The van der Waals surface area contributed by atoms with E-state index in [0.717, 1.165) is 45.6 Å². The molecule has 0 aromatic heterocycles. The highest BCUT2D eigenvalue weighted by molar-refractivity contribution is 7.89. The number of nitrogens with zero attached hydrogens (tertiary/aromatic N) is 3. The number of amides is 1. The number of benzene rings is 1. The molecule has 1 aliphatic rings. The Morgan fingerprint density at radius 1 is 1.14 bits per heavy atom. The number of rotatable bonds is 10. The maximum Gasteiger partial charge on any atom is 0.252 e. The number of likely N-dealkylation sites (N-methyl/N-ethyl adjacent to an activating group) is 1. The second-order valence-corrected chi connectivity index (χ2v) is 9.68. The number of nitrogens with one attached hydrogen (secondary N) is 1. The Hall–Kier alpha value is -1.19. The van der Waals surface area contributed by atoms with Crippen molar-refractivity contribution >= 4 is 27.5 Å². The average Bonchev–Trinajstić information content (AvgIpc) is 2.70. The van der Waals surface area contributed by atoms with E-state index < -0.39 is 10.0 Å². The van der Waals surface area contributed by atoms with Gasteiger partial charge in [0.1, 0.15) is 0 Å². The average molecular weight is 445 g/mol. The Kier molecular flexibility index (Phi) is 9.36. The zero-order valence-electron chi connectivity index (χ0n) is 17.7. The van der Waals surface area contributed by atoms with Crippen LogP contribution >= 0.6 is 11.6 Å². The molecule has 9 heteroatoms. The van der Waals surface area contributed by atoms with Crippen LogP contribution in [0.15, 0.2) is 23.1 Å². The van der Waals surface area contributed by atoms with Crippen LogP contribution in [-0.2, 0) is 10.0 Å². The lowest BCUT2D eigenvalue weighted by molar-refractivity contribution is 0.0952. The van der Waals surface area contributed by atoms with Gasteiger partial charge in [-0.2, -0.15) is 4.31 Å². The Morgan fingerprint density at radius 2 is 1.79 bits per heavy atom. The molecule has 0 atom stereocenters. The van der Waals surface area contributed by atoms with Crippen molar-refractivity contribution in [3.05, 3.63) is 28.8 Å². The number of hydrogen-bond acceptors (Lipinski definition) is 5. The Bertz CT molecular complexity index is 776. The van der Waals surface area contributed by atoms with Crippen LogP contribution in [0.2, 0.25) is 5.02 Å². The first-order chi connectivity index (χ1) is 13.8. The van der Waals surface area contributed by atoms with Crippen LogP contribution in [0, 0.1) is 0 Å². The lowest BCUT2D eigenvalue weighted by Crippen LogP contribution is -2.44. The molecule has 0 saturated carbocycles. The molecule has 0 spiro atoms. The molecule has 164 valence electrons. The van der Waals surface area contributed by atoms with Gasteiger partial charge in [-0.05, 0) is 44.6 Å². The molecule has 1 N–H and O–H groups in total. The lowest BCUT2D eigenvalue weighted by atomic mass is 10.2. The maximum absolute atomic E-state index is 12.7. The fourth-order valence-corrected chi connectivity index (χ4v) is 5.07. The van der Waals surface area contributed by atoms with Crippen molar-refractivity contribution in [2.24, 2.45) is 0 Å². The molecule has 1 aromatic rings. The molecule has 1 amide bonds. The third kappa shape index (κ3) is 6.65. The molecule has 1 fully saturated rings. The van der Waals surface area contributed by atoms with Crippen molar-refractivity contribution in [3.63, 3.8) is 0 Å². The molecule has 29 heavy (non-hydrogen) atoms. The standard InChI is InChI=1S/C20H33ClN4O3S/c1-4-25(5-2)29(27,28)17-8-9-19(21)18(16-17)20(26)22-10-6-7-11-24-14-12-23(3)13-15-24/h8-9,16H,4-7,10-15H2,1-3H3,(H,22,26). The number of unbranched alkanes of at least 4 members (excludes halogenated alkanes) is 1. The van der Waals surface area contributed by atoms with Gasteiger partial charge < -0.3 is 15.1 Å². The van der Waals surface area contributed by atoms with Crippen molar-refractivity contribution < 1.29 is 13.2 Å². The predicted molar refractivity (Wildman–Crippen MR) is 117 cm³/mol. The highest BCUT2D eigenvalue weighted by Gasteiger charge is 2.23. The quantitative estimate of drug-likeness (QED) is 0.559. The first kappa shape index (κ1) is 24.1. The SMILES string of the molecule is CCN(CC)S(=O)(=O)c1ccc(Cl)c(C(=O)NCCCCN2CCN(C)CC2)c1. The fourth-order valence-electron chi connectivity index (χ4n) is 3.38. The zero-order chi connectivity index (χ0) is 21.4. The minimum atomic E-state index is -3.63. The van der Waals surface area contributed by atoms with Crippen molar-refractivity contribution in [2.75, 3.05) is 59.4 Å². The van der Waals surface area contributed by atoms with E-state index in [1.54, 1.807) is 13.8 Å². The summed E-state index contributed by atoms with van der Waals surface area (Å²) in [7, 11) is -1.49. The molecule has 1 aliphatic heterocycles. The van der Waals surface area contributed by atoms with Gasteiger partial charge in [0.2, 0.25) is 10.0 Å². The van der Waals surface area contributed by atoms with E-state index in [9.17, 15) is 13.2 Å². The highest BCUT2D eigenvalue weighted by atomic mass is 35.5. The van der Waals surface area contributed by atoms with Gasteiger partial charge in [0.25, 0.3) is 5.91 Å². The van der Waals surface area contributed by atoms with Crippen LogP contribution < -0.4 is 5.32 Å². The van der Waals surface area contributed by atoms with Crippen LogP contribution in [-0.4, -0.2) is 87.8 Å². The van der Waals surface area contributed by atoms with E-state index in [1.807, 2.05) is 0 Å². The smallest absolute Gasteiger partial charge is 0.252 e. The second kappa shape index (κ2) is 11.3. The van der Waals surface area contributed by atoms with Gasteiger partial charge in [-0.15, -0.1) is 0 Å². The van der Waals surface area contributed by atoms with Crippen LogP contribution in [0.3, 0.4) is 0 Å². The minimum absolute atomic E-state index is 0.0887. The highest BCUT2D eigenvalue weighted by Crippen LogP contribution is 2.23. The van der Waals surface area contributed by atoms with E-state index in [4.69, 9.17) is 11.6 Å². The summed E-state index contributed by atoms with van der Waals surface area (Å²) in [4.78, 5) is 17.4. The van der Waals surface area contributed by atoms with Gasteiger partial charge >= 0.3 is 0 Å². The molecule has 1 saturated heterocycles. The van der Waals surface area contributed by atoms with E-state index in [0.29, 0.717) is 19.6 Å². The summed E-state index contributed by atoms with van der Waals surface area (Å²) in [5.41, 5.74) is 0.193. The van der Waals surface area contributed by atoms with Crippen LogP contribution in [0.5, 0.6) is 0 Å². The molecular weight excluding hydrogens is 412 g/mol. The molecule has 0 bridgehead atoms. The number of piperazine rings is 1. The first-order valence-electron chi connectivity index (χ1n) is 10.3. The summed E-state index contributed by atoms with van der Waals surface area (Å²) in [5, 5.41) is 3.11. The topological polar surface area (TPSA) is 73.0 Å². The molecular formula is C20H33ClN4O3S. The van der Waals surface area contributed by atoms with Crippen LogP contribution in [0.1, 0.15) is 37.0 Å². The van der Waals surface area contributed by atoms with E-state index in [-0.39, 0.29) is 21.4 Å². The second-order valence-electron chi connectivity index (χ2n) is 7.34. The predicted octanol–water partition coefficient (Wildman–Crippen LogP) is 2.13. The molecule has 1 aromatic carbocycles. The number of carbonyl (C=O) groups is 1. The number of carbonyl (C=O) groups excluding carboxylic acids is 1. The van der Waals surface area contributed by atoms with Gasteiger partial charge in [-0.3, -0.25) is 4.79 Å². The largest absolute Gasteiger partial charge is 0.352 e. The van der Waals surface area contributed by atoms with Gasteiger partial charge in [-0.25, -0.2) is 8.42 Å². The molecule has 2 rings (SSSR count). The zero-order valence-corrected chi connectivity index (χ0v) is 19.2. The number of hydrogen-bond donors (Lipinski definition) is 1.